The van der Waals surface area contributed by atoms with Crippen LogP contribution in [0.15, 0.2) is 30.3 Å². The summed E-state index contributed by atoms with van der Waals surface area (Å²) in [6.45, 7) is 13.4. The first-order chi connectivity index (χ1) is 11.8. The van der Waals surface area contributed by atoms with Gasteiger partial charge in [0.25, 0.3) is 0 Å². The number of hydrogen-bond acceptors (Lipinski definition) is 2. The van der Waals surface area contributed by atoms with Gasteiger partial charge in [-0.05, 0) is 50.0 Å². The van der Waals surface area contributed by atoms with E-state index in [9.17, 15) is 4.79 Å². The molecule has 0 unspecified atom stereocenters. The smallest absolute Gasteiger partial charge is 0.222 e. The van der Waals surface area contributed by atoms with Crippen molar-refractivity contribution in [2.24, 2.45) is 11.3 Å². The third-order valence-corrected chi connectivity index (χ3v) is 5.85. The second-order valence-corrected chi connectivity index (χ2v) is 8.46. The number of rotatable bonds is 7. The van der Waals surface area contributed by atoms with Crippen LogP contribution in [-0.4, -0.2) is 29.6 Å². The molecule has 0 bridgehead atoms. The number of carbonyl (C=O) groups excluding carboxylic acids is 1. The summed E-state index contributed by atoms with van der Waals surface area (Å²) in [5, 5.41) is 0. The predicted octanol–water partition coefficient (Wildman–Crippen LogP) is 5.05. The van der Waals surface area contributed by atoms with Gasteiger partial charge < -0.3 is 9.64 Å². The van der Waals surface area contributed by atoms with Crippen molar-refractivity contribution in [3.05, 3.63) is 35.9 Å². The zero-order valence-corrected chi connectivity index (χ0v) is 16.7. The van der Waals surface area contributed by atoms with Crippen LogP contribution in [0.25, 0.3) is 0 Å². The van der Waals surface area contributed by atoms with E-state index in [2.05, 4.69) is 39.8 Å². The summed E-state index contributed by atoms with van der Waals surface area (Å²) in [4.78, 5) is 14.5. The maximum absolute atomic E-state index is 12.5. The number of amides is 1. The fraction of sp³-hybridized carbons (Fsp3) is 0.682. The highest BCUT2D eigenvalue weighted by atomic mass is 16.5. The van der Waals surface area contributed by atoms with E-state index < -0.39 is 0 Å². The van der Waals surface area contributed by atoms with Gasteiger partial charge in [-0.15, -0.1) is 0 Å². The van der Waals surface area contributed by atoms with Crippen LogP contribution in [0.1, 0.15) is 65.9 Å². The van der Waals surface area contributed by atoms with Gasteiger partial charge in [0.05, 0.1) is 5.60 Å². The average Bonchev–Trinajstić information content (AvgIpc) is 2.57. The molecule has 1 aromatic rings. The van der Waals surface area contributed by atoms with Crippen LogP contribution in [0, 0.1) is 11.3 Å². The molecule has 25 heavy (non-hydrogen) atoms. The average molecular weight is 346 g/mol. The van der Waals surface area contributed by atoms with Gasteiger partial charge in [0.1, 0.15) is 0 Å². The van der Waals surface area contributed by atoms with Crippen LogP contribution in [0.4, 0.5) is 0 Å². The molecule has 0 N–H and O–H groups in total. The number of hydrogen-bond donors (Lipinski definition) is 0. The summed E-state index contributed by atoms with van der Waals surface area (Å²) >= 11 is 0. The molecule has 1 aromatic carbocycles. The summed E-state index contributed by atoms with van der Waals surface area (Å²) in [5.74, 6) is 0.833. The normalized spacial score (nSPS) is 22.8. The molecule has 1 saturated heterocycles. The standard InChI is InChI=1S/C22H35NO2/c1-6-20(24)23(16-19-10-8-7-9-11-19)14-12-22(18(2)3)13-15-25-21(4,5)17-22/h7-11,18H,6,12-17H2,1-5H3/t22-/m1/s1. The molecule has 1 heterocycles. The zero-order chi connectivity index (χ0) is 18.5. The van der Waals surface area contributed by atoms with Crippen molar-refractivity contribution in [3.63, 3.8) is 0 Å². The highest BCUT2D eigenvalue weighted by molar-refractivity contribution is 5.75. The maximum atomic E-state index is 12.5. The Labute approximate surface area is 153 Å². The predicted molar refractivity (Wildman–Crippen MR) is 103 cm³/mol. The molecule has 1 amide bonds. The summed E-state index contributed by atoms with van der Waals surface area (Å²) in [6, 6.07) is 10.3. The number of ether oxygens (including phenoxy) is 1. The van der Waals surface area contributed by atoms with E-state index in [1.807, 2.05) is 30.0 Å². The SMILES string of the molecule is CCC(=O)N(CC[C@@]1(C(C)C)CCOC(C)(C)C1)Cc1ccccc1. The fourth-order valence-electron chi connectivity index (χ4n) is 4.19. The third kappa shape index (κ3) is 5.31. The zero-order valence-electron chi connectivity index (χ0n) is 16.7. The lowest BCUT2D eigenvalue weighted by atomic mass is 9.65. The van der Waals surface area contributed by atoms with Gasteiger partial charge in [0.2, 0.25) is 5.91 Å². The molecule has 0 saturated carbocycles. The molecule has 2 rings (SSSR count). The number of carbonyl (C=O) groups is 1. The van der Waals surface area contributed by atoms with Gasteiger partial charge in [-0.2, -0.15) is 0 Å². The second kappa shape index (κ2) is 8.35. The lowest BCUT2D eigenvalue weighted by Gasteiger charge is -2.48. The summed E-state index contributed by atoms with van der Waals surface area (Å²) in [6.07, 6.45) is 3.77. The second-order valence-electron chi connectivity index (χ2n) is 8.46. The van der Waals surface area contributed by atoms with E-state index in [4.69, 9.17) is 4.74 Å². The molecule has 0 spiro atoms. The van der Waals surface area contributed by atoms with Gasteiger partial charge in [0, 0.05) is 26.1 Å². The quantitative estimate of drug-likeness (QED) is 0.692. The monoisotopic (exact) mass is 345 g/mol. The Morgan fingerprint density at radius 3 is 2.48 bits per heavy atom. The lowest BCUT2D eigenvalue weighted by Crippen LogP contribution is -2.46. The Morgan fingerprint density at radius 2 is 1.92 bits per heavy atom. The van der Waals surface area contributed by atoms with Crippen LogP contribution < -0.4 is 0 Å². The third-order valence-electron chi connectivity index (χ3n) is 5.85. The van der Waals surface area contributed by atoms with Crippen LogP contribution in [0.5, 0.6) is 0 Å². The summed E-state index contributed by atoms with van der Waals surface area (Å²) in [5.41, 5.74) is 1.39. The molecule has 0 radical (unpaired) electrons. The van der Waals surface area contributed by atoms with Crippen LogP contribution >= 0.6 is 0 Å². The van der Waals surface area contributed by atoms with Gasteiger partial charge >= 0.3 is 0 Å². The van der Waals surface area contributed by atoms with Crippen LogP contribution in [0.2, 0.25) is 0 Å². The Hall–Kier alpha value is -1.35. The Bertz CT molecular complexity index is 552. The summed E-state index contributed by atoms with van der Waals surface area (Å²) in [7, 11) is 0. The lowest BCUT2D eigenvalue weighted by molar-refractivity contribution is -0.135. The van der Waals surface area contributed by atoms with Gasteiger partial charge in [0.15, 0.2) is 0 Å². The van der Waals surface area contributed by atoms with Crippen molar-refractivity contribution in [3.8, 4) is 0 Å². The van der Waals surface area contributed by atoms with Crippen molar-refractivity contribution >= 4 is 5.91 Å². The largest absolute Gasteiger partial charge is 0.376 e. The molecule has 0 aromatic heterocycles. The first-order valence-electron chi connectivity index (χ1n) is 9.74. The Balaban J connectivity index is 2.10. The molecule has 0 aliphatic carbocycles. The minimum absolute atomic E-state index is 0.0679. The minimum atomic E-state index is -0.0679. The van der Waals surface area contributed by atoms with E-state index in [0.717, 1.165) is 32.4 Å². The van der Waals surface area contributed by atoms with Gasteiger partial charge in [-0.1, -0.05) is 51.1 Å². The Morgan fingerprint density at radius 1 is 1.24 bits per heavy atom. The number of benzene rings is 1. The van der Waals surface area contributed by atoms with Crippen molar-refractivity contribution in [2.75, 3.05) is 13.2 Å². The molecule has 1 aliphatic heterocycles. The maximum Gasteiger partial charge on any atom is 0.222 e. The molecular weight excluding hydrogens is 310 g/mol. The molecule has 140 valence electrons. The molecule has 1 aliphatic rings. The van der Waals surface area contributed by atoms with Gasteiger partial charge in [-0.25, -0.2) is 0 Å². The minimum Gasteiger partial charge on any atom is -0.376 e. The number of nitrogens with zero attached hydrogens (tertiary/aromatic N) is 1. The molecule has 3 nitrogen and oxygen atoms in total. The summed E-state index contributed by atoms with van der Waals surface area (Å²) < 4.78 is 5.96. The van der Waals surface area contributed by atoms with Crippen LogP contribution in [0.3, 0.4) is 0 Å². The van der Waals surface area contributed by atoms with E-state index in [-0.39, 0.29) is 16.9 Å². The molecular formula is C22H35NO2. The van der Waals surface area contributed by atoms with E-state index >= 15 is 0 Å². The van der Waals surface area contributed by atoms with Crippen LogP contribution in [-0.2, 0) is 16.1 Å². The van der Waals surface area contributed by atoms with E-state index in [1.165, 1.54) is 5.56 Å². The van der Waals surface area contributed by atoms with Crippen molar-refractivity contribution in [2.45, 2.75) is 72.4 Å². The van der Waals surface area contributed by atoms with Crippen molar-refractivity contribution in [1.82, 2.24) is 4.90 Å². The molecule has 1 fully saturated rings. The van der Waals surface area contributed by atoms with Crippen molar-refractivity contribution < 1.29 is 9.53 Å². The van der Waals surface area contributed by atoms with E-state index in [1.54, 1.807) is 0 Å². The highest BCUT2D eigenvalue weighted by Gasteiger charge is 2.42. The van der Waals surface area contributed by atoms with E-state index in [0.29, 0.717) is 18.9 Å². The molecule has 3 heteroatoms. The first kappa shape index (κ1) is 20.0. The topological polar surface area (TPSA) is 29.5 Å². The fourth-order valence-corrected chi connectivity index (χ4v) is 4.19. The van der Waals surface area contributed by atoms with Crippen molar-refractivity contribution in [1.29, 1.82) is 0 Å². The Kier molecular flexibility index (Phi) is 6.67. The molecule has 1 atom stereocenters. The highest BCUT2D eigenvalue weighted by Crippen LogP contribution is 2.47. The van der Waals surface area contributed by atoms with Gasteiger partial charge in [-0.3, -0.25) is 4.79 Å². The first-order valence-corrected chi connectivity index (χ1v) is 9.74.